The Kier molecular flexibility index (Phi) is 8.36. The van der Waals surface area contributed by atoms with Crippen molar-refractivity contribution in [3.05, 3.63) is 29.5 Å². The van der Waals surface area contributed by atoms with E-state index >= 15 is 0 Å². The Morgan fingerprint density at radius 1 is 1.24 bits per heavy atom. The van der Waals surface area contributed by atoms with Crippen LogP contribution in [0.2, 0.25) is 0 Å². The monoisotopic (exact) mass is 529 g/mol. The van der Waals surface area contributed by atoms with Crippen molar-refractivity contribution in [2.24, 2.45) is 11.7 Å². The summed E-state index contributed by atoms with van der Waals surface area (Å²) in [5.74, 6) is 1.76. The summed E-state index contributed by atoms with van der Waals surface area (Å²) in [6.45, 7) is 6.13. The zero-order valence-corrected chi connectivity index (χ0v) is 21.8. The molecule has 1 atom stereocenters. The number of alkyl halides is 2. The van der Waals surface area contributed by atoms with Crippen molar-refractivity contribution < 1.29 is 32.6 Å². The lowest BCUT2D eigenvalue weighted by Crippen LogP contribution is -2.33. The van der Waals surface area contributed by atoms with Crippen LogP contribution in [0, 0.1) is 17.8 Å². The molecule has 1 saturated heterocycles. The number of rotatable bonds is 8. The van der Waals surface area contributed by atoms with Gasteiger partial charge < -0.3 is 25.3 Å². The number of primary amides is 1. The first-order valence-electron chi connectivity index (χ1n) is 12.9. The van der Waals surface area contributed by atoms with Crippen molar-refractivity contribution in [1.82, 2.24) is 10.3 Å². The third kappa shape index (κ3) is 6.33. The number of fused-ring (bicyclic) bond motifs is 1. The van der Waals surface area contributed by atoms with Gasteiger partial charge in [0.15, 0.2) is 0 Å². The van der Waals surface area contributed by atoms with Crippen molar-refractivity contribution in [1.29, 1.82) is 0 Å². The molecule has 2 heterocycles. The van der Waals surface area contributed by atoms with E-state index in [0.29, 0.717) is 22.9 Å². The molecule has 1 saturated carbocycles. The predicted molar refractivity (Wildman–Crippen MR) is 137 cm³/mol. The van der Waals surface area contributed by atoms with Gasteiger partial charge in [-0.2, -0.15) is 8.78 Å². The molecule has 2 aliphatic rings. The second-order valence-corrected chi connectivity index (χ2v) is 9.99. The topological polar surface area (TPSA) is 113 Å². The van der Waals surface area contributed by atoms with Gasteiger partial charge in [0.05, 0.1) is 29.4 Å². The summed E-state index contributed by atoms with van der Waals surface area (Å²) in [6.07, 6.45) is 4.68. The van der Waals surface area contributed by atoms with E-state index in [9.17, 15) is 18.4 Å². The van der Waals surface area contributed by atoms with Gasteiger partial charge in [0.25, 0.3) is 11.8 Å². The van der Waals surface area contributed by atoms with Crippen LogP contribution in [0.5, 0.6) is 11.6 Å². The molecule has 38 heavy (non-hydrogen) atoms. The summed E-state index contributed by atoms with van der Waals surface area (Å²) in [5.41, 5.74) is 6.42. The number of nitrogens with two attached hydrogens (primary N) is 1. The van der Waals surface area contributed by atoms with Crippen molar-refractivity contribution >= 4 is 22.6 Å². The van der Waals surface area contributed by atoms with Gasteiger partial charge in [-0.1, -0.05) is 11.8 Å². The number of hydrogen-bond acceptors (Lipinski definition) is 6. The molecular weight excluding hydrogens is 496 g/mol. The predicted octanol–water partition coefficient (Wildman–Crippen LogP) is 3.97. The summed E-state index contributed by atoms with van der Waals surface area (Å²) < 4.78 is 44.6. The van der Waals surface area contributed by atoms with Crippen molar-refractivity contribution in [2.75, 3.05) is 13.2 Å². The molecule has 10 heteroatoms. The van der Waals surface area contributed by atoms with Crippen LogP contribution >= 0.6 is 0 Å². The van der Waals surface area contributed by atoms with Gasteiger partial charge in [-0.05, 0) is 58.6 Å². The molecule has 0 radical (unpaired) electrons. The number of ether oxygens (including phenoxy) is 3. The van der Waals surface area contributed by atoms with Crippen molar-refractivity contribution in [3.63, 3.8) is 0 Å². The van der Waals surface area contributed by atoms with E-state index in [0.717, 1.165) is 25.7 Å². The minimum absolute atomic E-state index is 0.150. The Morgan fingerprint density at radius 3 is 2.58 bits per heavy atom. The molecule has 1 aliphatic carbocycles. The van der Waals surface area contributed by atoms with Crippen LogP contribution in [0.4, 0.5) is 8.78 Å². The highest BCUT2D eigenvalue weighted by atomic mass is 19.3. The Balaban J connectivity index is 1.67. The summed E-state index contributed by atoms with van der Waals surface area (Å²) >= 11 is 0. The van der Waals surface area contributed by atoms with Gasteiger partial charge in [-0.3, -0.25) is 9.59 Å². The molecule has 1 aromatic heterocycles. The SMILES string of the molecule is CCOC1CCC(C#Cc2cnc(OC[C@@H]3CC(F)(F)C(=O)N3)c3cc(OC(C)C)c(C(N)=O)cc23)CC1. The lowest BCUT2D eigenvalue weighted by molar-refractivity contribution is -0.139. The van der Waals surface area contributed by atoms with Gasteiger partial charge in [-0.15, -0.1) is 0 Å². The summed E-state index contributed by atoms with van der Waals surface area (Å²) in [5, 5.41) is 3.32. The second-order valence-electron chi connectivity index (χ2n) is 9.99. The number of aromatic nitrogens is 1. The number of halogens is 2. The minimum atomic E-state index is -3.43. The molecule has 0 bridgehead atoms. The standard InChI is InChI=1S/C28H33F2N3O5/c1-4-36-20-9-6-17(7-10-20)5-8-18-14-32-26(37-15-19-13-28(29,30)27(35)33-19)22-12-24(38-16(2)3)23(25(31)34)11-21(18)22/h11-12,14,16-17,19-20H,4,6-7,9-10,13,15H2,1-3H3,(H2,31,34)(H,33,35)/t17?,19-,20?/m0/s1. The summed E-state index contributed by atoms with van der Waals surface area (Å²) in [4.78, 5) is 28.1. The molecule has 1 aliphatic heterocycles. The Bertz CT molecular complexity index is 1260. The van der Waals surface area contributed by atoms with E-state index in [1.165, 1.54) is 6.20 Å². The third-order valence-electron chi connectivity index (χ3n) is 6.66. The van der Waals surface area contributed by atoms with Gasteiger partial charge >= 0.3 is 5.92 Å². The maximum atomic E-state index is 13.6. The number of carbonyl (C=O) groups is 2. The van der Waals surface area contributed by atoms with Crippen LogP contribution < -0.4 is 20.5 Å². The average molecular weight is 530 g/mol. The maximum Gasteiger partial charge on any atom is 0.326 e. The zero-order chi connectivity index (χ0) is 27.4. The maximum absolute atomic E-state index is 13.6. The van der Waals surface area contributed by atoms with E-state index in [1.807, 2.05) is 20.8 Å². The molecule has 2 amide bonds. The Morgan fingerprint density at radius 2 is 1.97 bits per heavy atom. The van der Waals surface area contributed by atoms with E-state index in [4.69, 9.17) is 19.9 Å². The number of benzene rings is 1. The molecule has 204 valence electrons. The Labute approximate surface area is 220 Å². The quantitative estimate of drug-likeness (QED) is 0.501. The molecule has 0 spiro atoms. The number of nitrogens with zero attached hydrogens (tertiary/aromatic N) is 1. The second kappa shape index (κ2) is 11.5. The normalized spacial score (nSPS) is 22.6. The fourth-order valence-electron chi connectivity index (χ4n) is 4.81. The van der Waals surface area contributed by atoms with Gasteiger partial charge in [0.1, 0.15) is 12.4 Å². The highest BCUT2D eigenvalue weighted by Crippen LogP contribution is 2.34. The lowest BCUT2D eigenvalue weighted by Gasteiger charge is -2.25. The first-order chi connectivity index (χ1) is 18.1. The molecule has 8 nitrogen and oxygen atoms in total. The van der Waals surface area contributed by atoms with Crippen molar-refractivity contribution in [3.8, 4) is 23.5 Å². The molecular formula is C28H33F2N3O5. The van der Waals surface area contributed by atoms with Crippen LogP contribution in [-0.2, 0) is 9.53 Å². The van der Waals surface area contributed by atoms with Crippen LogP contribution in [0.1, 0.15) is 68.8 Å². The number of carbonyl (C=O) groups excluding carboxylic acids is 2. The largest absolute Gasteiger partial charge is 0.490 e. The zero-order valence-electron chi connectivity index (χ0n) is 21.8. The van der Waals surface area contributed by atoms with Crippen LogP contribution in [0.25, 0.3) is 10.8 Å². The third-order valence-corrected chi connectivity index (χ3v) is 6.66. The van der Waals surface area contributed by atoms with E-state index < -0.39 is 30.2 Å². The van der Waals surface area contributed by atoms with Crippen LogP contribution in [0.15, 0.2) is 18.3 Å². The van der Waals surface area contributed by atoms with Gasteiger partial charge in [-0.25, -0.2) is 4.98 Å². The molecule has 4 rings (SSSR count). The Hall–Kier alpha value is -3.45. The van der Waals surface area contributed by atoms with Crippen LogP contribution in [-0.4, -0.2) is 54.2 Å². The summed E-state index contributed by atoms with van der Waals surface area (Å²) in [6, 6.07) is 2.35. The average Bonchev–Trinajstić information content (AvgIpc) is 3.13. The molecule has 2 aromatic rings. The molecule has 1 aromatic carbocycles. The smallest absolute Gasteiger partial charge is 0.326 e. The first-order valence-corrected chi connectivity index (χ1v) is 12.9. The highest BCUT2D eigenvalue weighted by molar-refractivity contribution is 6.03. The van der Waals surface area contributed by atoms with E-state index in [2.05, 4.69) is 22.1 Å². The lowest BCUT2D eigenvalue weighted by atomic mass is 9.87. The fraction of sp³-hybridized carbons (Fsp3) is 0.536. The molecule has 3 N–H and O–H groups in total. The van der Waals surface area contributed by atoms with Gasteiger partial charge in [0, 0.05) is 35.9 Å². The van der Waals surface area contributed by atoms with Crippen LogP contribution in [0.3, 0.4) is 0 Å². The summed E-state index contributed by atoms with van der Waals surface area (Å²) in [7, 11) is 0. The van der Waals surface area contributed by atoms with Gasteiger partial charge in [0.2, 0.25) is 5.88 Å². The fourth-order valence-corrected chi connectivity index (χ4v) is 4.81. The number of nitrogens with one attached hydrogen (secondary N) is 1. The van der Waals surface area contributed by atoms with Crippen molar-refractivity contribution in [2.45, 2.75) is 77.0 Å². The number of amides is 2. The highest BCUT2D eigenvalue weighted by Gasteiger charge is 2.48. The molecule has 0 unspecified atom stereocenters. The minimum Gasteiger partial charge on any atom is -0.490 e. The first kappa shape index (κ1) is 27.6. The number of pyridine rings is 1. The van der Waals surface area contributed by atoms with E-state index in [-0.39, 0.29) is 41.9 Å². The number of hydrogen-bond donors (Lipinski definition) is 2. The van der Waals surface area contributed by atoms with E-state index in [1.54, 1.807) is 12.1 Å². The molecule has 2 fully saturated rings.